The van der Waals surface area contributed by atoms with E-state index in [4.69, 9.17) is 4.42 Å². The minimum atomic E-state index is 0.197. The average molecular weight is 201 g/mol. The predicted octanol–water partition coefficient (Wildman–Crippen LogP) is 3.76. The van der Waals surface area contributed by atoms with Crippen LogP contribution >= 0.6 is 0 Å². The molecule has 0 saturated heterocycles. The van der Waals surface area contributed by atoms with Crippen LogP contribution in [0.15, 0.2) is 47.1 Å². The number of benzene rings is 1. The van der Waals surface area contributed by atoms with Gasteiger partial charge in [-0.05, 0) is 38.1 Å². The Labute approximate surface area is 89.9 Å². The van der Waals surface area contributed by atoms with Gasteiger partial charge < -0.3 is 9.73 Å². The first kappa shape index (κ1) is 9.84. The predicted molar refractivity (Wildman–Crippen MR) is 61.9 cm³/mol. The highest BCUT2D eigenvalue weighted by molar-refractivity contribution is 5.45. The van der Waals surface area contributed by atoms with Gasteiger partial charge in [-0.25, -0.2) is 0 Å². The first-order valence-corrected chi connectivity index (χ1v) is 5.12. The second-order valence-corrected chi connectivity index (χ2v) is 3.75. The lowest BCUT2D eigenvalue weighted by Gasteiger charge is -2.12. The second kappa shape index (κ2) is 4.22. The highest BCUT2D eigenvalue weighted by Crippen LogP contribution is 2.19. The SMILES string of the molecule is Cc1ccc(N[C@@H](C)c2ccco2)cc1. The zero-order valence-electron chi connectivity index (χ0n) is 9.03. The molecule has 0 saturated carbocycles. The van der Waals surface area contributed by atoms with Crippen molar-refractivity contribution in [1.29, 1.82) is 0 Å². The van der Waals surface area contributed by atoms with Crippen LogP contribution in [-0.4, -0.2) is 0 Å². The van der Waals surface area contributed by atoms with Crippen molar-refractivity contribution in [3.63, 3.8) is 0 Å². The molecule has 0 amide bonds. The monoisotopic (exact) mass is 201 g/mol. The number of aryl methyl sites for hydroxylation is 1. The van der Waals surface area contributed by atoms with Crippen LogP contribution in [-0.2, 0) is 0 Å². The summed E-state index contributed by atoms with van der Waals surface area (Å²) in [5, 5.41) is 3.38. The van der Waals surface area contributed by atoms with Crippen molar-refractivity contribution in [2.45, 2.75) is 19.9 Å². The average Bonchev–Trinajstić information content (AvgIpc) is 2.74. The van der Waals surface area contributed by atoms with Crippen LogP contribution in [0.1, 0.15) is 24.3 Å². The van der Waals surface area contributed by atoms with Gasteiger partial charge in [-0.2, -0.15) is 0 Å². The third-order valence-corrected chi connectivity index (χ3v) is 2.40. The fourth-order valence-electron chi connectivity index (χ4n) is 1.51. The normalized spacial score (nSPS) is 12.4. The molecule has 1 heterocycles. The van der Waals surface area contributed by atoms with Gasteiger partial charge in [0.05, 0.1) is 12.3 Å². The Balaban J connectivity index is 2.06. The standard InChI is InChI=1S/C13H15NO/c1-10-5-7-12(8-6-10)14-11(2)13-4-3-9-15-13/h3-9,11,14H,1-2H3/t11-/m0/s1. The van der Waals surface area contributed by atoms with Gasteiger partial charge in [0.15, 0.2) is 0 Å². The Morgan fingerprint density at radius 3 is 2.47 bits per heavy atom. The summed E-state index contributed by atoms with van der Waals surface area (Å²) in [6.45, 7) is 4.17. The summed E-state index contributed by atoms with van der Waals surface area (Å²) in [4.78, 5) is 0. The van der Waals surface area contributed by atoms with Gasteiger partial charge in [-0.15, -0.1) is 0 Å². The van der Waals surface area contributed by atoms with Crippen LogP contribution in [0.4, 0.5) is 5.69 Å². The molecule has 2 nitrogen and oxygen atoms in total. The second-order valence-electron chi connectivity index (χ2n) is 3.75. The molecule has 0 spiro atoms. The molecule has 2 aromatic rings. The molecule has 0 aliphatic rings. The quantitative estimate of drug-likeness (QED) is 0.817. The van der Waals surface area contributed by atoms with Crippen LogP contribution in [0.5, 0.6) is 0 Å². The molecular weight excluding hydrogens is 186 g/mol. The van der Waals surface area contributed by atoms with Gasteiger partial charge in [-0.1, -0.05) is 17.7 Å². The Kier molecular flexibility index (Phi) is 2.77. The van der Waals surface area contributed by atoms with Crippen LogP contribution in [0, 0.1) is 6.92 Å². The van der Waals surface area contributed by atoms with E-state index in [-0.39, 0.29) is 6.04 Å². The van der Waals surface area contributed by atoms with Crippen LogP contribution < -0.4 is 5.32 Å². The molecule has 1 aromatic carbocycles. The number of anilines is 1. The third-order valence-electron chi connectivity index (χ3n) is 2.40. The lowest BCUT2D eigenvalue weighted by atomic mass is 10.2. The summed E-state index contributed by atoms with van der Waals surface area (Å²) in [7, 11) is 0. The van der Waals surface area contributed by atoms with Crippen molar-refractivity contribution in [2.24, 2.45) is 0 Å². The molecular formula is C13H15NO. The van der Waals surface area contributed by atoms with Crippen molar-refractivity contribution < 1.29 is 4.42 Å². The van der Waals surface area contributed by atoms with E-state index in [2.05, 4.69) is 43.4 Å². The highest BCUT2D eigenvalue weighted by atomic mass is 16.3. The Bertz CT molecular complexity index is 403. The minimum absolute atomic E-state index is 0.197. The van der Waals surface area contributed by atoms with E-state index in [9.17, 15) is 0 Å². The molecule has 0 radical (unpaired) electrons. The number of furan rings is 1. The van der Waals surface area contributed by atoms with Crippen molar-refractivity contribution in [1.82, 2.24) is 0 Å². The molecule has 2 rings (SSSR count). The van der Waals surface area contributed by atoms with Gasteiger partial charge in [0.25, 0.3) is 0 Å². The van der Waals surface area contributed by atoms with E-state index in [0.717, 1.165) is 11.4 Å². The van der Waals surface area contributed by atoms with Gasteiger partial charge in [0, 0.05) is 5.69 Å². The fourth-order valence-corrected chi connectivity index (χ4v) is 1.51. The number of rotatable bonds is 3. The Morgan fingerprint density at radius 2 is 1.87 bits per heavy atom. The molecule has 0 fully saturated rings. The molecule has 1 atom stereocenters. The summed E-state index contributed by atoms with van der Waals surface area (Å²) in [6, 6.07) is 12.4. The van der Waals surface area contributed by atoms with Crippen molar-refractivity contribution in [3.05, 3.63) is 54.0 Å². The molecule has 0 bridgehead atoms. The molecule has 78 valence electrons. The topological polar surface area (TPSA) is 25.2 Å². The van der Waals surface area contributed by atoms with Crippen LogP contribution in [0.3, 0.4) is 0 Å². The summed E-state index contributed by atoms with van der Waals surface area (Å²) in [5.74, 6) is 0.954. The van der Waals surface area contributed by atoms with Crippen LogP contribution in [0.2, 0.25) is 0 Å². The number of hydrogen-bond donors (Lipinski definition) is 1. The smallest absolute Gasteiger partial charge is 0.125 e. The first-order valence-electron chi connectivity index (χ1n) is 5.12. The molecule has 1 aromatic heterocycles. The number of nitrogens with one attached hydrogen (secondary N) is 1. The maximum absolute atomic E-state index is 5.33. The van der Waals surface area contributed by atoms with Gasteiger partial charge >= 0.3 is 0 Å². The van der Waals surface area contributed by atoms with E-state index >= 15 is 0 Å². The summed E-state index contributed by atoms with van der Waals surface area (Å²) < 4.78 is 5.33. The maximum atomic E-state index is 5.33. The minimum Gasteiger partial charge on any atom is -0.467 e. The van der Waals surface area contributed by atoms with Crippen molar-refractivity contribution in [3.8, 4) is 0 Å². The van der Waals surface area contributed by atoms with Crippen molar-refractivity contribution >= 4 is 5.69 Å². The highest BCUT2D eigenvalue weighted by Gasteiger charge is 2.06. The van der Waals surface area contributed by atoms with Gasteiger partial charge in [0.1, 0.15) is 5.76 Å². The van der Waals surface area contributed by atoms with E-state index in [1.54, 1.807) is 6.26 Å². The third kappa shape index (κ3) is 2.40. The zero-order chi connectivity index (χ0) is 10.7. The maximum Gasteiger partial charge on any atom is 0.125 e. The number of hydrogen-bond acceptors (Lipinski definition) is 2. The van der Waals surface area contributed by atoms with Crippen molar-refractivity contribution in [2.75, 3.05) is 5.32 Å². The lowest BCUT2D eigenvalue weighted by Crippen LogP contribution is -2.05. The van der Waals surface area contributed by atoms with E-state index in [1.165, 1.54) is 5.56 Å². The molecule has 0 aliphatic carbocycles. The Morgan fingerprint density at radius 1 is 1.13 bits per heavy atom. The first-order chi connectivity index (χ1) is 7.25. The fraction of sp³-hybridized carbons (Fsp3) is 0.231. The molecule has 0 aliphatic heterocycles. The molecule has 15 heavy (non-hydrogen) atoms. The molecule has 1 N–H and O–H groups in total. The molecule has 2 heteroatoms. The summed E-state index contributed by atoms with van der Waals surface area (Å²) in [5.41, 5.74) is 2.38. The Hall–Kier alpha value is -1.70. The van der Waals surface area contributed by atoms with Gasteiger partial charge in [0.2, 0.25) is 0 Å². The summed E-state index contributed by atoms with van der Waals surface area (Å²) in [6.07, 6.45) is 1.70. The summed E-state index contributed by atoms with van der Waals surface area (Å²) >= 11 is 0. The largest absolute Gasteiger partial charge is 0.467 e. The van der Waals surface area contributed by atoms with E-state index in [1.807, 2.05) is 12.1 Å². The lowest BCUT2D eigenvalue weighted by molar-refractivity contribution is 0.490. The molecule has 0 unspecified atom stereocenters. The zero-order valence-corrected chi connectivity index (χ0v) is 9.03. The van der Waals surface area contributed by atoms with Crippen LogP contribution in [0.25, 0.3) is 0 Å². The van der Waals surface area contributed by atoms with Gasteiger partial charge in [-0.3, -0.25) is 0 Å². The van der Waals surface area contributed by atoms with E-state index < -0.39 is 0 Å². The van der Waals surface area contributed by atoms with E-state index in [0.29, 0.717) is 0 Å².